The molecular formula is C15H29ClN2O3. The quantitative estimate of drug-likeness (QED) is 0.355. The Labute approximate surface area is 134 Å². The molecule has 1 N–H and O–H groups in total. The van der Waals surface area contributed by atoms with Gasteiger partial charge in [-0.05, 0) is 26.8 Å². The molecule has 0 aromatic heterocycles. The van der Waals surface area contributed by atoms with Crippen LogP contribution in [0.3, 0.4) is 0 Å². The van der Waals surface area contributed by atoms with Crippen molar-refractivity contribution in [2.75, 3.05) is 34.3 Å². The van der Waals surface area contributed by atoms with E-state index in [1.165, 1.54) is 13.0 Å². The van der Waals surface area contributed by atoms with Gasteiger partial charge in [-0.1, -0.05) is 6.58 Å². The van der Waals surface area contributed by atoms with Crippen molar-refractivity contribution < 1.29 is 31.2 Å². The Hall–Kier alpha value is -0.910. The molecule has 1 fully saturated rings. The van der Waals surface area contributed by atoms with Crippen LogP contribution in [0.2, 0.25) is 0 Å². The van der Waals surface area contributed by atoms with Crippen molar-refractivity contribution >= 4 is 11.7 Å². The summed E-state index contributed by atoms with van der Waals surface area (Å²) in [5, 5.41) is 2.66. The number of epoxide rings is 1. The van der Waals surface area contributed by atoms with E-state index in [0.29, 0.717) is 12.5 Å². The van der Waals surface area contributed by atoms with Gasteiger partial charge in [-0.15, -0.1) is 0 Å². The van der Waals surface area contributed by atoms with Crippen molar-refractivity contribution in [3.63, 3.8) is 0 Å². The molecule has 0 spiro atoms. The van der Waals surface area contributed by atoms with E-state index in [9.17, 15) is 9.59 Å². The Bertz CT molecular complexity index is 358. The highest BCUT2D eigenvalue weighted by Crippen LogP contribution is 2.11. The fourth-order valence-corrected chi connectivity index (χ4v) is 1.84. The number of likely N-dealkylation sites (N-methyl/N-ethyl adjacent to an activating group) is 1. The first-order chi connectivity index (χ1) is 8.95. The highest BCUT2D eigenvalue weighted by molar-refractivity contribution is 5.88. The fourth-order valence-electron chi connectivity index (χ4n) is 1.84. The average Bonchev–Trinajstić information content (AvgIpc) is 2.96. The Morgan fingerprint density at radius 2 is 1.86 bits per heavy atom. The largest absolute Gasteiger partial charge is 1.00 e. The molecule has 0 radical (unpaired) electrons. The third-order valence-corrected chi connectivity index (χ3v) is 2.49. The summed E-state index contributed by atoms with van der Waals surface area (Å²) in [4.78, 5) is 21.6. The van der Waals surface area contributed by atoms with E-state index in [2.05, 4.69) is 33.0 Å². The SMILES string of the molecule is C=CC(=O)NC(C)(C)CC(C)=O.C[N+](C)(C)CC1CO1.[Cl-]. The Kier molecular flexibility index (Phi) is 9.78. The summed E-state index contributed by atoms with van der Waals surface area (Å²) in [7, 11) is 6.55. The normalized spacial score (nSPS) is 16.8. The van der Waals surface area contributed by atoms with E-state index in [1.54, 1.807) is 13.8 Å². The van der Waals surface area contributed by atoms with Crippen LogP contribution in [0.4, 0.5) is 0 Å². The number of Topliss-reactive ketones (excluding diaryl/α,β-unsaturated/α-hetero) is 1. The zero-order valence-corrected chi connectivity index (χ0v) is 14.8. The van der Waals surface area contributed by atoms with Crippen molar-refractivity contribution in [3.8, 4) is 0 Å². The van der Waals surface area contributed by atoms with Crippen LogP contribution in [-0.4, -0.2) is 62.1 Å². The molecule has 0 aliphatic carbocycles. The molecule has 5 nitrogen and oxygen atoms in total. The van der Waals surface area contributed by atoms with Gasteiger partial charge in [0.15, 0.2) is 0 Å². The van der Waals surface area contributed by atoms with Gasteiger partial charge in [-0.3, -0.25) is 9.59 Å². The van der Waals surface area contributed by atoms with Gasteiger partial charge in [0.05, 0.1) is 27.7 Å². The van der Waals surface area contributed by atoms with Gasteiger partial charge in [-0.25, -0.2) is 0 Å². The number of rotatable bonds is 6. The molecule has 124 valence electrons. The molecule has 0 aromatic rings. The molecule has 1 rings (SSSR count). The number of amides is 1. The zero-order chi connectivity index (χ0) is 16.0. The minimum Gasteiger partial charge on any atom is -1.00 e. The molecular weight excluding hydrogens is 292 g/mol. The Morgan fingerprint density at radius 3 is 2.10 bits per heavy atom. The minimum absolute atomic E-state index is 0. The third-order valence-electron chi connectivity index (χ3n) is 2.49. The summed E-state index contributed by atoms with van der Waals surface area (Å²) in [5.41, 5.74) is -0.475. The van der Waals surface area contributed by atoms with Crippen molar-refractivity contribution in [3.05, 3.63) is 12.7 Å². The Balaban J connectivity index is 0. The predicted molar refractivity (Wildman–Crippen MR) is 80.4 cm³/mol. The first-order valence-electron chi connectivity index (χ1n) is 6.81. The molecule has 21 heavy (non-hydrogen) atoms. The Morgan fingerprint density at radius 1 is 1.38 bits per heavy atom. The van der Waals surface area contributed by atoms with Crippen molar-refractivity contribution in [1.29, 1.82) is 0 Å². The van der Waals surface area contributed by atoms with Gasteiger partial charge in [-0.2, -0.15) is 0 Å². The van der Waals surface area contributed by atoms with Gasteiger partial charge in [0.2, 0.25) is 5.91 Å². The van der Waals surface area contributed by atoms with E-state index in [4.69, 9.17) is 4.74 Å². The van der Waals surface area contributed by atoms with Crippen LogP contribution < -0.4 is 17.7 Å². The topological polar surface area (TPSA) is 58.7 Å². The van der Waals surface area contributed by atoms with E-state index in [0.717, 1.165) is 17.6 Å². The number of quaternary nitrogens is 1. The van der Waals surface area contributed by atoms with Crippen molar-refractivity contribution in [2.45, 2.75) is 38.8 Å². The second-order valence-corrected chi connectivity index (χ2v) is 6.88. The number of hydrogen-bond donors (Lipinski definition) is 1. The smallest absolute Gasteiger partial charge is 0.243 e. The van der Waals surface area contributed by atoms with Gasteiger partial charge in [0.1, 0.15) is 18.4 Å². The monoisotopic (exact) mass is 320 g/mol. The number of hydrogen-bond acceptors (Lipinski definition) is 3. The lowest BCUT2D eigenvalue weighted by molar-refractivity contribution is -0.870. The van der Waals surface area contributed by atoms with E-state index in [-0.39, 0.29) is 24.1 Å². The number of carbonyl (C=O) groups excluding carboxylic acids is 2. The lowest BCUT2D eigenvalue weighted by Crippen LogP contribution is -3.00. The van der Waals surface area contributed by atoms with Crippen molar-refractivity contribution in [2.24, 2.45) is 0 Å². The highest BCUT2D eigenvalue weighted by Gasteiger charge is 2.28. The molecule has 1 aliphatic heterocycles. The first-order valence-corrected chi connectivity index (χ1v) is 6.81. The zero-order valence-electron chi connectivity index (χ0n) is 14.0. The number of halogens is 1. The molecule has 1 aliphatic rings. The molecule has 0 saturated carbocycles. The van der Waals surface area contributed by atoms with Gasteiger partial charge in [0.25, 0.3) is 0 Å². The summed E-state index contributed by atoms with van der Waals surface area (Å²) in [6.45, 7) is 10.6. The lowest BCUT2D eigenvalue weighted by atomic mass is 9.98. The van der Waals surface area contributed by atoms with E-state index in [1.807, 2.05) is 0 Å². The first kappa shape index (κ1) is 22.4. The molecule has 1 heterocycles. The fraction of sp³-hybridized carbons (Fsp3) is 0.733. The van der Waals surface area contributed by atoms with Gasteiger partial charge >= 0.3 is 0 Å². The van der Waals surface area contributed by atoms with Crippen LogP contribution in [0.15, 0.2) is 12.7 Å². The molecule has 6 heteroatoms. The maximum atomic E-state index is 10.9. The standard InChI is InChI=1S/C9H15NO2.C6H14NO.ClH/c1-5-8(12)10-9(3,4)6-7(2)11;1-7(2,3)4-6-5-8-6;/h5H,1,6H2,2-4H3,(H,10,12);6H,4-5H2,1-3H3;1H/q;+1;/p-1. The number of nitrogens with one attached hydrogen (secondary N) is 1. The number of carbonyl (C=O) groups is 2. The maximum Gasteiger partial charge on any atom is 0.243 e. The predicted octanol–water partition coefficient (Wildman–Crippen LogP) is -1.86. The minimum atomic E-state index is -0.475. The summed E-state index contributed by atoms with van der Waals surface area (Å²) in [5.74, 6) is -0.189. The maximum absolute atomic E-state index is 10.9. The van der Waals surface area contributed by atoms with Crippen LogP contribution in [-0.2, 0) is 14.3 Å². The molecule has 1 amide bonds. The second-order valence-electron chi connectivity index (χ2n) is 6.88. The molecule has 1 unspecified atom stereocenters. The molecule has 0 bridgehead atoms. The lowest BCUT2D eigenvalue weighted by Gasteiger charge is -2.23. The van der Waals surface area contributed by atoms with Crippen LogP contribution in [0.5, 0.6) is 0 Å². The van der Waals surface area contributed by atoms with Crippen LogP contribution >= 0.6 is 0 Å². The third kappa shape index (κ3) is 15.3. The van der Waals surface area contributed by atoms with E-state index >= 15 is 0 Å². The van der Waals surface area contributed by atoms with Gasteiger partial charge < -0.3 is 26.9 Å². The van der Waals surface area contributed by atoms with Crippen LogP contribution in [0, 0.1) is 0 Å². The second kappa shape index (κ2) is 9.18. The number of ketones is 1. The van der Waals surface area contributed by atoms with Crippen LogP contribution in [0.25, 0.3) is 0 Å². The van der Waals surface area contributed by atoms with Crippen LogP contribution in [0.1, 0.15) is 27.2 Å². The number of ether oxygens (including phenoxy) is 1. The van der Waals surface area contributed by atoms with E-state index < -0.39 is 5.54 Å². The molecule has 0 aromatic carbocycles. The van der Waals surface area contributed by atoms with Gasteiger partial charge in [0, 0.05) is 12.0 Å². The molecule has 1 atom stereocenters. The summed E-state index contributed by atoms with van der Waals surface area (Å²) >= 11 is 0. The molecule has 1 saturated heterocycles. The summed E-state index contributed by atoms with van der Waals surface area (Å²) < 4.78 is 6.09. The summed E-state index contributed by atoms with van der Waals surface area (Å²) in [6.07, 6.45) is 2.10. The van der Waals surface area contributed by atoms with Crippen molar-refractivity contribution in [1.82, 2.24) is 5.32 Å². The number of nitrogens with zero attached hydrogens (tertiary/aromatic N) is 1. The highest BCUT2D eigenvalue weighted by atomic mass is 35.5. The summed E-state index contributed by atoms with van der Waals surface area (Å²) in [6, 6.07) is 0. The average molecular weight is 321 g/mol.